The molecule has 1 saturated heterocycles. The van der Waals surface area contributed by atoms with Crippen LogP contribution in [-0.4, -0.2) is 59.6 Å². The molecule has 1 amide bonds. The average Bonchev–Trinajstić information content (AvgIpc) is 2.43. The van der Waals surface area contributed by atoms with Gasteiger partial charge in [-0.05, 0) is 38.5 Å². The highest BCUT2D eigenvalue weighted by molar-refractivity contribution is 5.76. The minimum absolute atomic E-state index is 0.182. The average molecular weight is 305 g/mol. The number of hydrogen-bond acceptors (Lipinski definition) is 4. The van der Waals surface area contributed by atoms with Crippen LogP contribution in [0, 0.1) is 6.92 Å². The van der Waals surface area contributed by atoms with Gasteiger partial charge in [0.25, 0.3) is 0 Å². The smallest absolute Gasteiger partial charge is 0.223 e. The molecule has 2 heterocycles. The Balaban J connectivity index is 1.79. The predicted octanol–water partition coefficient (Wildman–Crippen LogP) is 1.85. The molecule has 1 fully saturated rings. The number of aryl methyl sites for hydroxylation is 1. The van der Waals surface area contributed by atoms with Gasteiger partial charge in [-0.15, -0.1) is 0 Å². The van der Waals surface area contributed by atoms with Crippen LogP contribution in [0.1, 0.15) is 31.5 Å². The van der Waals surface area contributed by atoms with Crippen LogP contribution < -0.4 is 0 Å². The van der Waals surface area contributed by atoms with Gasteiger partial charge < -0.3 is 9.64 Å². The highest BCUT2D eigenvalue weighted by atomic mass is 16.5. The number of rotatable bonds is 5. The summed E-state index contributed by atoms with van der Waals surface area (Å²) in [5, 5.41) is 0. The van der Waals surface area contributed by atoms with E-state index in [9.17, 15) is 4.79 Å². The van der Waals surface area contributed by atoms with Crippen molar-refractivity contribution in [2.24, 2.45) is 0 Å². The van der Waals surface area contributed by atoms with Crippen LogP contribution in [0.15, 0.2) is 18.3 Å². The largest absolute Gasteiger partial charge is 0.373 e. The van der Waals surface area contributed by atoms with Crippen LogP contribution in [0.2, 0.25) is 0 Å². The first kappa shape index (κ1) is 16.9. The molecule has 5 heteroatoms. The van der Waals surface area contributed by atoms with E-state index in [1.54, 1.807) is 11.1 Å². The van der Waals surface area contributed by atoms with Crippen LogP contribution in [0.4, 0.5) is 0 Å². The molecule has 1 aliphatic heterocycles. The van der Waals surface area contributed by atoms with Gasteiger partial charge >= 0.3 is 0 Å². The number of nitrogens with zero attached hydrogens (tertiary/aromatic N) is 3. The van der Waals surface area contributed by atoms with Gasteiger partial charge in [-0.25, -0.2) is 0 Å². The van der Waals surface area contributed by atoms with Gasteiger partial charge in [0.1, 0.15) is 0 Å². The van der Waals surface area contributed by atoms with E-state index >= 15 is 0 Å². The Morgan fingerprint density at radius 3 is 2.73 bits per heavy atom. The molecule has 2 rings (SSSR count). The van der Waals surface area contributed by atoms with E-state index in [1.807, 2.05) is 26.1 Å². The molecule has 0 unspecified atom stereocenters. The van der Waals surface area contributed by atoms with E-state index in [0.717, 1.165) is 30.9 Å². The molecular weight excluding hydrogens is 278 g/mol. The zero-order valence-electron chi connectivity index (χ0n) is 14.1. The summed E-state index contributed by atoms with van der Waals surface area (Å²) in [7, 11) is 1.86. The summed E-state index contributed by atoms with van der Waals surface area (Å²) in [6, 6.07) is 3.98. The molecule has 0 saturated carbocycles. The highest BCUT2D eigenvalue weighted by Gasteiger charge is 2.22. The first-order chi connectivity index (χ1) is 10.4. The van der Waals surface area contributed by atoms with Crippen LogP contribution in [0.3, 0.4) is 0 Å². The molecule has 0 aromatic carbocycles. The number of pyridine rings is 1. The van der Waals surface area contributed by atoms with Crippen molar-refractivity contribution < 1.29 is 9.53 Å². The summed E-state index contributed by atoms with van der Waals surface area (Å²) in [5.74, 6) is 0.182. The fourth-order valence-electron chi connectivity index (χ4n) is 2.98. The highest BCUT2D eigenvalue weighted by Crippen LogP contribution is 2.11. The maximum absolute atomic E-state index is 12.3. The first-order valence-corrected chi connectivity index (χ1v) is 7.97. The lowest BCUT2D eigenvalue weighted by atomic mass is 10.2. The number of carbonyl (C=O) groups is 1. The standard InChI is InChI=1S/C17H27N3O2/c1-13-9-16(5-7-18-13)12-19(4)17(21)6-8-20-10-14(2)22-15(3)11-20/h5,7,9,14-15H,6,8,10-12H2,1-4H3/t14-,15+. The van der Waals surface area contributed by atoms with Gasteiger partial charge in [-0.1, -0.05) is 0 Å². The van der Waals surface area contributed by atoms with Gasteiger partial charge in [0.15, 0.2) is 0 Å². The van der Waals surface area contributed by atoms with Crippen LogP contribution >= 0.6 is 0 Å². The third-order valence-electron chi connectivity index (χ3n) is 3.94. The van der Waals surface area contributed by atoms with Crippen molar-refractivity contribution in [3.63, 3.8) is 0 Å². The lowest BCUT2D eigenvalue weighted by Crippen LogP contribution is -2.46. The van der Waals surface area contributed by atoms with E-state index in [4.69, 9.17) is 4.74 Å². The van der Waals surface area contributed by atoms with Crippen LogP contribution in [-0.2, 0) is 16.1 Å². The molecule has 122 valence electrons. The monoisotopic (exact) mass is 305 g/mol. The zero-order chi connectivity index (χ0) is 16.1. The lowest BCUT2D eigenvalue weighted by Gasteiger charge is -2.35. The Hall–Kier alpha value is -1.46. The van der Waals surface area contributed by atoms with Gasteiger partial charge in [-0.3, -0.25) is 14.7 Å². The van der Waals surface area contributed by atoms with Crippen molar-refractivity contribution in [2.45, 2.75) is 45.9 Å². The van der Waals surface area contributed by atoms with E-state index in [1.165, 1.54) is 0 Å². The normalized spacial score (nSPS) is 22.5. The number of amides is 1. The Morgan fingerprint density at radius 2 is 2.09 bits per heavy atom. The molecule has 1 aliphatic rings. The van der Waals surface area contributed by atoms with Crippen molar-refractivity contribution in [3.8, 4) is 0 Å². The Kier molecular flexibility index (Phi) is 5.91. The molecular formula is C17H27N3O2. The summed E-state index contributed by atoms with van der Waals surface area (Å²) in [6.45, 7) is 9.39. The number of morpholine rings is 1. The van der Waals surface area contributed by atoms with Crippen molar-refractivity contribution in [3.05, 3.63) is 29.6 Å². The molecule has 5 nitrogen and oxygen atoms in total. The summed E-state index contributed by atoms with van der Waals surface area (Å²) in [4.78, 5) is 20.6. The van der Waals surface area contributed by atoms with Crippen molar-refractivity contribution >= 4 is 5.91 Å². The number of hydrogen-bond donors (Lipinski definition) is 0. The minimum Gasteiger partial charge on any atom is -0.373 e. The Bertz CT molecular complexity index is 496. The van der Waals surface area contributed by atoms with E-state index in [0.29, 0.717) is 13.0 Å². The zero-order valence-corrected chi connectivity index (χ0v) is 14.1. The number of ether oxygens (including phenoxy) is 1. The molecule has 0 radical (unpaired) electrons. The van der Waals surface area contributed by atoms with Crippen molar-refractivity contribution in [1.29, 1.82) is 0 Å². The number of carbonyl (C=O) groups excluding carboxylic acids is 1. The third kappa shape index (κ3) is 5.07. The van der Waals surface area contributed by atoms with Crippen molar-refractivity contribution in [2.75, 3.05) is 26.7 Å². The SMILES string of the molecule is Cc1cc(CN(C)C(=O)CCN2C[C@@H](C)O[C@@H](C)C2)ccn1. The molecule has 1 aromatic rings. The van der Waals surface area contributed by atoms with Gasteiger partial charge in [0.05, 0.1) is 12.2 Å². The summed E-state index contributed by atoms with van der Waals surface area (Å²) in [5.41, 5.74) is 2.10. The van der Waals surface area contributed by atoms with Gasteiger partial charge in [0.2, 0.25) is 5.91 Å². The second kappa shape index (κ2) is 7.70. The molecule has 0 N–H and O–H groups in total. The Labute approximate surface area is 133 Å². The topological polar surface area (TPSA) is 45.7 Å². The fraction of sp³-hybridized carbons (Fsp3) is 0.647. The number of aromatic nitrogens is 1. The minimum atomic E-state index is 0.182. The first-order valence-electron chi connectivity index (χ1n) is 7.97. The van der Waals surface area contributed by atoms with Gasteiger partial charge in [0, 0.05) is 51.5 Å². The van der Waals surface area contributed by atoms with E-state index < -0.39 is 0 Å². The van der Waals surface area contributed by atoms with Crippen LogP contribution in [0.25, 0.3) is 0 Å². The second-order valence-corrected chi connectivity index (χ2v) is 6.32. The Morgan fingerprint density at radius 1 is 1.41 bits per heavy atom. The maximum atomic E-state index is 12.3. The van der Waals surface area contributed by atoms with E-state index in [-0.39, 0.29) is 18.1 Å². The molecule has 1 aromatic heterocycles. The molecule has 0 aliphatic carbocycles. The van der Waals surface area contributed by atoms with Crippen molar-refractivity contribution in [1.82, 2.24) is 14.8 Å². The maximum Gasteiger partial charge on any atom is 0.223 e. The lowest BCUT2D eigenvalue weighted by molar-refractivity contribution is -0.131. The quantitative estimate of drug-likeness (QED) is 0.833. The molecule has 2 atom stereocenters. The van der Waals surface area contributed by atoms with Crippen LogP contribution in [0.5, 0.6) is 0 Å². The molecule has 0 spiro atoms. The molecule has 22 heavy (non-hydrogen) atoms. The van der Waals surface area contributed by atoms with E-state index in [2.05, 4.69) is 23.7 Å². The second-order valence-electron chi connectivity index (χ2n) is 6.32. The summed E-state index contributed by atoms with van der Waals surface area (Å²) < 4.78 is 5.72. The summed E-state index contributed by atoms with van der Waals surface area (Å²) in [6.07, 6.45) is 2.84. The summed E-state index contributed by atoms with van der Waals surface area (Å²) >= 11 is 0. The molecule has 0 bridgehead atoms. The fourth-order valence-corrected chi connectivity index (χ4v) is 2.98. The third-order valence-corrected chi connectivity index (χ3v) is 3.94. The predicted molar refractivity (Wildman–Crippen MR) is 86.5 cm³/mol. The van der Waals surface area contributed by atoms with Gasteiger partial charge in [-0.2, -0.15) is 0 Å².